The van der Waals surface area contributed by atoms with Crippen molar-refractivity contribution in [3.8, 4) is 11.5 Å². The van der Waals surface area contributed by atoms with Crippen molar-refractivity contribution >= 4 is 21.7 Å². The zero-order chi connectivity index (χ0) is 21.7. The summed E-state index contributed by atoms with van der Waals surface area (Å²) in [5, 5.41) is 3.25. The monoisotopic (exact) mass is 428 g/mol. The number of aryl methyl sites for hydroxylation is 2. The largest absolute Gasteiger partial charge is 0.497 e. The Morgan fingerprint density at radius 3 is 2.17 bits per heavy atom. The molecule has 9 heteroatoms. The fourth-order valence-corrected chi connectivity index (χ4v) is 3.86. The molecule has 30 heavy (non-hydrogen) atoms. The molecule has 0 aliphatic rings. The average Bonchev–Trinajstić information content (AvgIpc) is 2.71. The molecule has 1 aromatic heterocycles. The normalized spacial score (nSPS) is 11.1. The Bertz CT molecular complexity index is 1110. The predicted molar refractivity (Wildman–Crippen MR) is 116 cm³/mol. The highest BCUT2D eigenvalue weighted by Crippen LogP contribution is 2.25. The van der Waals surface area contributed by atoms with Crippen LogP contribution in [-0.2, 0) is 16.6 Å². The number of anilines is 2. The van der Waals surface area contributed by atoms with Gasteiger partial charge in [0.05, 0.1) is 19.1 Å². The molecule has 0 aliphatic carbocycles. The van der Waals surface area contributed by atoms with E-state index in [1.54, 1.807) is 46.3 Å². The minimum absolute atomic E-state index is 0.0554. The Kier molecular flexibility index (Phi) is 6.41. The van der Waals surface area contributed by atoms with E-state index in [-0.39, 0.29) is 10.8 Å². The van der Waals surface area contributed by atoms with Crippen LogP contribution < -0.4 is 19.5 Å². The summed E-state index contributed by atoms with van der Waals surface area (Å²) in [7, 11) is -0.575. The van der Waals surface area contributed by atoms with Crippen molar-refractivity contribution in [3.05, 3.63) is 65.5 Å². The number of benzene rings is 2. The van der Waals surface area contributed by atoms with E-state index in [4.69, 9.17) is 9.47 Å². The SMILES string of the molecule is COc1ccc(OC)c(CNc2ccc(S(=O)(=O)Nc3nc(C)cc(C)n3)cc2)c1. The van der Waals surface area contributed by atoms with Gasteiger partial charge in [0, 0.05) is 29.2 Å². The van der Waals surface area contributed by atoms with Crippen LogP contribution in [0.2, 0.25) is 0 Å². The lowest BCUT2D eigenvalue weighted by Gasteiger charge is -2.13. The van der Waals surface area contributed by atoms with Gasteiger partial charge in [-0.15, -0.1) is 0 Å². The lowest BCUT2D eigenvalue weighted by atomic mass is 10.2. The van der Waals surface area contributed by atoms with Gasteiger partial charge in [0.15, 0.2) is 0 Å². The van der Waals surface area contributed by atoms with Crippen LogP contribution in [0.1, 0.15) is 17.0 Å². The second kappa shape index (κ2) is 9.00. The topological polar surface area (TPSA) is 102 Å². The summed E-state index contributed by atoms with van der Waals surface area (Å²) in [5.41, 5.74) is 3.06. The van der Waals surface area contributed by atoms with Crippen molar-refractivity contribution < 1.29 is 17.9 Å². The molecular weight excluding hydrogens is 404 g/mol. The average molecular weight is 429 g/mol. The van der Waals surface area contributed by atoms with Gasteiger partial charge in [0.2, 0.25) is 5.95 Å². The summed E-state index contributed by atoms with van der Waals surface area (Å²) < 4.78 is 38.3. The van der Waals surface area contributed by atoms with Gasteiger partial charge < -0.3 is 14.8 Å². The maximum absolute atomic E-state index is 12.6. The van der Waals surface area contributed by atoms with E-state index in [1.165, 1.54) is 12.1 Å². The van der Waals surface area contributed by atoms with Gasteiger partial charge in [-0.25, -0.2) is 23.1 Å². The number of hydrogen-bond acceptors (Lipinski definition) is 7. The molecule has 0 bridgehead atoms. The van der Waals surface area contributed by atoms with E-state index in [9.17, 15) is 8.42 Å². The molecule has 0 radical (unpaired) electrons. The fraction of sp³-hybridized carbons (Fsp3) is 0.238. The molecule has 0 spiro atoms. The van der Waals surface area contributed by atoms with Crippen LogP contribution in [0.15, 0.2) is 53.4 Å². The van der Waals surface area contributed by atoms with E-state index >= 15 is 0 Å². The van der Waals surface area contributed by atoms with Crippen molar-refractivity contribution in [1.29, 1.82) is 0 Å². The third kappa shape index (κ3) is 5.18. The summed E-state index contributed by atoms with van der Waals surface area (Å²) >= 11 is 0. The first-order valence-corrected chi connectivity index (χ1v) is 10.7. The number of aromatic nitrogens is 2. The van der Waals surface area contributed by atoms with Crippen LogP contribution in [0.25, 0.3) is 0 Å². The zero-order valence-electron chi connectivity index (χ0n) is 17.3. The quantitative estimate of drug-likeness (QED) is 0.566. The number of rotatable bonds is 8. The molecule has 158 valence electrons. The van der Waals surface area contributed by atoms with Gasteiger partial charge in [-0.05, 0) is 62.4 Å². The van der Waals surface area contributed by atoms with E-state index in [0.717, 1.165) is 22.7 Å². The number of methoxy groups -OCH3 is 2. The van der Waals surface area contributed by atoms with Gasteiger partial charge in [-0.2, -0.15) is 0 Å². The van der Waals surface area contributed by atoms with Gasteiger partial charge in [-0.3, -0.25) is 0 Å². The molecule has 0 amide bonds. The molecule has 0 atom stereocenters. The number of hydrogen-bond donors (Lipinski definition) is 2. The van der Waals surface area contributed by atoms with Gasteiger partial charge in [-0.1, -0.05) is 0 Å². The fourth-order valence-electron chi connectivity index (χ4n) is 2.92. The highest BCUT2D eigenvalue weighted by Gasteiger charge is 2.16. The van der Waals surface area contributed by atoms with Crippen LogP contribution in [0.5, 0.6) is 11.5 Å². The minimum Gasteiger partial charge on any atom is -0.497 e. The van der Waals surface area contributed by atoms with E-state index in [2.05, 4.69) is 20.0 Å². The second-order valence-corrected chi connectivity index (χ2v) is 8.32. The Labute approximate surface area is 176 Å². The highest BCUT2D eigenvalue weighted by molar-refractivity contribution is 7.92. The number of nitrogens with one attached hydrogen (secondary N) is 2. The molecule has 3 rings (SSSR count). The molecule has 0 aliphatic heterocycles. The van der Waals surface area contributed by atoms with E-state index in [0.29, 0.717) is 17.9 Å². The predicted octanol–water partition coefficient (Wildman–Crippen LogP) is 3.52. The van der Waals surface area contributed by atoms with Crippen LogP contribution in [0, 0.1) is 13.8 Å². The van der Waals surface area contributed by atoms with E-state index < -0.39 is 10.0 Å². The maximum Gasteiger partial charge on any atom is 0.264 e. The molecule has 0 saturated carbocycles. The standard InChI is InChI=1S/C21H24N4O4S/c1-14-11-15(2)24-21(23-14)25-30(26,27)19-8-5-17(6-9-19)22-13-16-12-18(28-3)7-10-20(16)29-4/h5-12,22H,13H2,1-4H3,(H,23,24,25). The van der Waals surface area contributed by atoms with Crippen molar-refractivity contribution in [1.82, 2.24) is 9.97 Å². The minimum atomic E-state index is -3.79. The first-order valence-electron chi connectivity index (χ1n) is 9.20. The van der Waals surface area contributed by atoms with Crippen molar-refractivity contribution in [3.63, 3.8) is 0 Å². The molecule has 0 fully saturated rings. The highest BCUT2D eigenvalue weighted by atomic mass is 32.2. The lowest BCUT2D eigenvalue weighted by molar-refractivity contribution is 0.399. The Balaban J connectivity index is 1.71. The van der Waals surface area contributed by atoms with Crippen LogP contribution >= 0.6 is 0 Å². The first kappa shape index (κ1) is 21.4. The van der Waals surface area contributed by atoms with Gasteiger partial charge in [0.25, 0.3) is 10.0 Å². The Hall–Kier alpha value is -3.33. The van der Waals surface area contributed by atoms with Crippen LogP contribution in [-0.4, -0.2) is 32.6 Å². The third-order valence-corrected chi connectivity index (χ3v) is 5.69. The van der Waals surface area contributed by atoms with Crippen LogP contribution in [0.4, 0.5) is 11.6 Å². The summed E-state index contributed by atoms with van der Waals surface area (Å²) in [6.45, 7) is 4.05. The van der Waals surface area contributed by atoms with E-state index in [1.807, 2.05) is 18.2 Å². The Morgan fingerprint density at radius 2 is 1.57 bits per heavy atom. The molecular formula is C21H24N4O4S. The lowest BCUT2D eigenvalue weighted by Crippen LogP contribution is -2.15. The maximum atomic E-state index is 12.6. The molecule has 8 nitrogen and oxygen atoms in total. The molecule has 2 N–H and O–H groups in total. The first-order chi connectivity index (χ1) is 14.3. The van der Waals surface area contributed by atoms with Gasteiger partial charge in [0.1, 0.15) is 11.5 Å². The van der Waals surface area contributed by atoms with Crippen molar-refractivity contribution in [2.45, 2.75) is 25.3 Å². The van der Waals surface area contributed by atoms with Crippen LogP contribution in [0.3, 0.4) is 0 Å². The summed E-state index contributed by atoms with van der Waals surface area (Å²) in [4.78, 5) is 8.36. The summed E-state index contributed by atoms with van der Waals surface area (Å²) in [6, 6.07) is 13.8. The molecule has 3 aromatic rings. The Morgan fingerprint density at radius 1 is 0.900 bits per heavy atom. The second-order valence-electron chi connectivity index (χ2n) is 6.64. The smallest absolute Gasteiger partial charge is 0.264 e. The number of nitrogens with zero attached hydrogens (tertiary/aromatic N) is 2. The van der Waals surface area contributed by atoms with Crippen molar-refractivity contribution in [2.24, 2.45) is 0 Å². The number of sulfonamides is 1. The summed E-state index contributed by atoms with van der Waals surface area (Å²) in [5.74, 6) is 1.52. The molecule has 0 unspecified atom stereocenters. The van der Waals surface area contributed by atoms with Crippen molar-refractivity contribution in [2.75, 3.05) is 24.3 Å². The molecule has 1 heterocycles. The molecule has 0 saturated heterocycles. The molecule has 2 aromatic carbocycles. The third-order valence-electron chi connectivity index (χ3n) is 4.34. The van der Waals surface area contributed by atoms with Gasteiger partial charge >= 0.3 is 0 Å². The summed E-state index contributed by atoms with van der Waals surface area (Å²) in [6.07, 6.45) is 0. The zero-order valence-corrected chi connectivity index (χ0v) is 18.1. The number of ether oxygens (including phenoxy) is 2.